The summed E-state index contributed by atoms with van der Waals surface area (Å²) in [6.07, 6.45) is -0.260. The summed E-state index contributed by atoms with van der Waals surface area (Å²) in [5.74, 6) is 0. The summed E-state index contributed by atoms with van der Waals surface area (Å²) in [6.45, 7) is 5.76. The van der Waals surface area contributed by atoms with Crippen LogP contribution < -0.4 is 5.32 Å². The molecular weight excluding hydrogens is 397 g/mol. The minimum Gasteiger partial charge on any atom is -0.420 e. The highest BCUT2D eigenvalue weighted by atomic mass is 127. The van der Waals surface area contributed by atoms with Crippen LogP contribution in [-0.4, -0.2) is 25.5 Å². The first-order valence-electron chi connectivity index (χ1n) is 7.37. The average Bonchev–Trinajstić information content (AvgIpc) is 2.44. The molecular formula is C16H24INO4. The lowest BCUT2D eigenvalue weighted by Crippen LogP contribution is -2.35. The summed E-state index contributed by atoms with van der Waals surface area (Å²) in [5.41, 5.74) is 0.916. The molecule has 0 aliphatic carbocycles. The Labute approximate surface area is 145 Å². The SMILES string of the molecule is CCC[C@H](OC(=O)NC(C)C)O[C@H](OC)c1ccccc1I. The van der Waals surface area contributed by atoms with Crippen LogP contribution in [0.15, 0.2) is 24.3 Å². The summed E-state index contributed by atoms with van der Waals surface area (Å²) in [5, 5.41) is 2.69. The van der Waals surface area contributed by atoms with Gasteiger partial charge in [-0.2, -0.15) is 0 Å². The molecule has 6 heteroatoms. The molecule has 0 saturated carbocycles. The van der Waals surface area contributed by atoms with Crippen LogP contribution in [-0.2, 0) is 14.2 Å². The molecule has 0 heterocycles. The molecule has 5 nitrogen and oxygen atoms in total. The van der Waals surface area contributed by atoms with E-state index in [2.05, 4.69) is 27.9 Å². The maximum absolute atomic E-state index is 11.8. The van der Waals surface area contributed by atoms with Crippen molar-refractivity contribution in [3.05, 3.63) is 33.4 Å². The third-order valence-corrected chi connectivity index (χ3v) is 3.80. The zero-order valence-electron chi connectivity index (χ0n) is 13.5. The van der Waals surface area contributed by atoms with Gasteiger partial charge in [-0.25, -0.2) is 4.79 Å². The molecule has 124 valence electrons. The molecule has 0 unspecified atom stereocenters. The van der Waals surface area contributed by atoms with Crippen molar-refractivity contribution in [3.8, 4) is 0 Å². The first-order chi connectivity index (χ1) is 10.5. The van der Waals surface area contributed by atoms with E-state index in [0.717, 1.165) is 15.6 Å². The topological polar surface area (TPSA) is 56.8 Å². The Balaban J connectivity index is 2.75. The number of alkyl carbamates (subject to hydrolysis) is 1. The van der Waals surface area contributed by atoms with Crippen LogP contribution in [0, 0.1) is 3.57 Å². The Kier molecular flexibility index (Phi) is 8.74. The highest BCUT2D eigenvalue weighted by Gasteiger charge is 2.22. The molecule has 0 aliphatic rings. The van der Waals surface area contributed by atoms with Gasteiger partial charge in [0.1, 0.15) is 0 Å². The van der Waals surface area contributed by atoms with E-state index in [1.54, 1.807) is 7.11 Å². The van der Waals surface area contributed by atoms with E-state index in [0.29, 0.717) is 6.42 Å². The second-order valence-electron chi connectivity index (χ2n) is 5.15. The lowest BCUT2D eigenvalue weighted by molar-refractivity contribution is -0.224. The van der Waals surface area contributed by atoms with Crippen LogP contribution in [0.2, 0.25) is 0 Å². The number of carbonyl (C=O) groups is 1. The number of benzene rings is 1. The lowest BCUT2D eigenvalue weighted by atomic mass is 10.2. The number of carbonyl (C=O) groups excluding carboxylic acids is 1. The van der Waals surface area contributed by atoms with Crippen LogP contribution in [0.25, 0.3) is 0 Å². The summed E-state index contributed by atoms with van der Waals surface area (Å²) < 4.78 is 17.6. The molecule has 0 radical (unpaired) electrons. The Morgan fingerprint density at radius 2 is 2.00 bits per heavy atom. The molecule has 1 rings (SSSR count). The van der Waals surface area contributed by atoms with Crippen molar-refractivity contribution in [2.75, 3.05) is 7.11 Å². The Morgan fingerprint density at radius 1 is 1.32 bits per heavy atom. The number of hydrogen-bond acceptors (Lipinski definition) is 4. The van der Waals surface area contributed by atoms with Crippen LogP contribution in [0.4, 0.5) is 4.79 Å². The molecule has 0 saturated heterocycles. The van der Waals surface area contributed by atoms with Crippen LogP contribution in [0.5, 0.6) is 0 Å². The van der Waals surface area contributed by atoms with E-state index in [4.69, 9.17) is 14.2 Å². The van der Waals surface area contributed by atoms with Crippen molar-refractivity contribution < 1.29 is 19.0 Å². The van der Waals surface area contributed by atoms with Crippen molar-refractivity contribution in [3.63, 3.8) is 0 Å². The molecule has 0 spiro atoms. The molecule has 2 atom stereocenters. The molecule has 1 aromatic rings. The Bertz CT molecular complexity index is 467. The highest BCUT2D eigenvalue weighted by molar-refractivity contribution is 14.1. The lowest BCUT2D eigenvalue weighted by Gasteiger charge is -2.25. The largest absolute Gasteiger partial charge is 0.420 e. The van der Waals surface area contributed by atoms with Gasteiger partial charge in [0.25, 0.3) is 0 Å². The number of amides is 1. The van der Waals surface area contributed by atoms with Crippen molar-refractivity contribution in [1.29, 1.82) is 0 Å². The van der Waals surface area contributed by atoms with Gasteiger partial charge in [-0.1, -0.05) is 31.5 Å². The van der Waals surface area contributed by atoms with E-state index in [1.165, 1.54) is 0 Å². The van der Waals surface area contributed by atoms with Crippen LogP contribution >= 0.6 is 22.6 Å². The zero-order chi connectivity index (χ0) is 16.5. The van der Waals surface area contributed by atoms with Crippen molar-refractivity contribution >= 4 is 28.7 Å². The molecule has 22 heavy (non-hydrogen) atoms. The smallest absolute Gasteiger partial charge is 0.409 e. The van der Waals surface area contributed by atoms with Gasteiger partial charge in [0.2, 0.25) is 6.29 Å². The Morgan fingerprint density at radius 3 is 2.55 bits per heavy atom. The fourth-order valence-electron chi connectivity index (χ4n) is 1.84. The number of nitrogens with one attached hydrogen (secondary N) is 1. The molecule has 0 bridgehead atoms. The second kappa shape index (κ2) is 10.0. The second-order valence-corrected chi connectivity index (χ2v) is 6.31. The van der Waals surface area contributed by atoms with Gasteiger partial charge in [0.05, 0.1) is 0 Å². The molecule has 0 fully saturated rings. The normalized spacial score (nSPS) is 13.7. The van der Waals surface area contributed by atoms with Gasteiger partial charge in [0.15, 0.2) is 6.29 Å². The van der Waals surface area contributed by atoms with Crippen molar-refractivity contribution in [1.82, 2.24) is 5.32 Å². The summed E-state index contributed by atoms with van der Waals surface area (Å²) in [7, 11) is 1.57. The van der Waals surface area contributed by atoms with Crippen LogP contribution in [0.3, 0.4) is 0 Å². The number of methoxy groups -OCH3 is 1. The number of hydrogen-bond donors (Lipinski definition) is 1. The fourth-order valence-corrected chi connectivity index (χ4v) is 2.48. The summed E-state index contributed by atoms with van der Waals surface area (Å²) >= 11 is 2.23. The first kappa shape index (κ1) is 19.2. The minimum atomic E-state index is -0.648. The predicted molar refractivity (Wildman–Crippen MR) is 93.4 cm³/mol. The number of rotatable bonds is 8. The van der Waals surface area contributed by atoms with Gasteiger partial charge in [0, 0.05) is 28.7 Å². The zero-order valence-corrected chi connectivity index (χ0v) is 15.6. The van der Waals surface area contributed by atoms with E-state index in [9.17, 15) is 4.79 Å². The quantitative estimate of drug-likeness (QED) is 0.505. The molecule has 1 aromatic carbocycles. The third-order valence-electron chi connectivity index (χ3n) is 2.82. The van der Waals surface area contributed by atoms with E-state index in [1.807, 2.05) is 45.0 Å². The van der Waals surface area contributed by atoms with Gasteiger partial charge >= 0.3 is 6.09 Å². The van der Waals surface area contributed by atoms with E-state index < -0.39 is 18.7 Å². The monoisotopic (exact) mass is 421 g/mol. The van der Waals surface area contributed by atoms with Crippen LogP contribution in [0.1, 0.15) is 45.5 Å². The Hall–Kier alpha value is -0.860. The number of halogens is 1. The summed E-state index contributed by atoms with van der Waals surface area (Å²) in [4.78, 5) is 11.8. The highest BCUT2D eigenvalue weighted by Crippen LogP contribution is 2.26. The third kappa shape index (κ3) is 6.50. The first-order valence-corrected chi connectivity index (χ1v) is 8.45. The standard InChI is InChI=1S/C16H24INO4/c1-5-8-14(22-16(19)18-11(2)3)21-15(20-4)12-9-6-7-10-13(12)17/h6-7,9-11,14-15H,5,8H2,1-4H3,(H,18,19)/t14-,15-/m0/s1. The number of ether oxygens (including phenoxy) is 3. The van der Waals surface area contributed by atoms with Gasteiger partial charge in [-0.05, 0) is 42.5 Å². The maximum atomic E-state index is 11.8. The molecule has 0 aliphatic heterocycles. The maximum Gasteiger partial charge on any atom is 0.409 e. The summed E-state index contributed by atoms with van der Waals surface area (Å²) in [6, 6.07) is 7.81. The molecule has 1 amide bonds. The molecule has 1 N–H and O–H groups in total. The van der Waals surface area contributed by atoms with Gasteiger partial charge < -0.3 is 19.5 Å². The van der Waals surface area contributed by atoms with E-state index in [-0.39, 0.29) is 6.04 Å². The van der Waals surface area contributed by atoms with Gasteiger partial charge in [-0.15, -0.1) is 0 Å². The predicted octanol–water partition coefficient (Wildman–Crippen LogP) is 4.21. The van der Waals surface area contributed by atoms with E-state index >= 15 is 0 Å². The molecule has 0 aromatic heterocycles. The van der Waals surface area contributed by atoms with Crippen molar-refractivity contribution in [2.45, 2.75) is 52.2 Å². The fraction of sp³-hybridized carbons (Fsp3) is 0.562. The average molecular weight is 421 g/mol. The van der Waals surface area contributed by atoms with Gasteiger partial charge in [-0.3, -0.25) is 0 Å². The minimum absolute atomic E-state index is 0.0167. The van der Waals surface area contributed by atoms with Crippen molar-refractivity contribution in [2.24, 2.45) is 0 Å².